The van der Waals surface area contributed by atoms with Crippen molar-refractivity contribution >= 4 is 11.8 Å². The average Bonchev–Trinajstić information content (AvgIpc) is 2.88. The normalized spacial score (nSPS) is 18.6. The summed E-state index contributed by atoms with van der Waals surface area (Å²) in [6, 6.07) is 0. The summed E-state index contributed by atoms with van der Waals surface area (Å²) < 4.78 is 2.74. The number of rotatable bonds is 7. The lowest BCUT2D eigenvalue weighted by Crippen LogP contribution is -2.39. The summed E-state index contributed by atoms with van der Waals surface area (Å²) in [4.78, 5) is 4.46. The summed E-state index contributed by atoms with van der Waals surface area (Å²) in [6.07, 6.45) is 14.4. The van der Waals surface area contributed by atoms with Crippen molar-refractivity contribution in [1.29, 1.82) is 0 Å². The Kier molecular flexibility index (Phi) is 5.76. The number of hydrogen-bond acceptors (Lipinski definition) is 3. The zero-order valence-electron chi connectivity index (χ0n) is 12.3. The molecule has 1 aromatic rings. The lowest BCUT2D eigenvalue weighted by atomic mass is 9.88. The maximum atomic E-state index is 4.46. The number of thioether (sulfide) groups is 1. The highest BCUT2D eigenvalue weighted by molar-refractivity contribution is 8.00. The summed E-state index contributed by atoms with van der Waals surface area (Å²) in [5.74, 6) is 1.17. The Balaban J connectivity index is 1.83. The Labute approximate surface area is 121 Å². The molecule has 1 aliphatic rings. The lowest BCUT2D eigenvalue weighted by molar-refractivity contribution is 0.377. The molecule has 1 aliphatic carbocycles. The molecule has 0 spiro atoms. The van der Waals surface area contributed by atoms with Gasteiger partial charge in [0.25, 0.3) is 0 Å². The van der Waals surface area contributed by atoms with Gasteiger partial charge in [0.2, 0.25) is 0 Å². The predicted octanol–water partition coefficient (Wildman–Crippen LogP) is 3.45. The Hall–Kier alpha value is -0.480. The van der Waals surface area contributed by atoms with Crippen LogP contribution in [0.2, 0.25) is 0 Å². The molecule has 0 radical (unpaired) electrons. The summed E-state index contributed by atoms with van der Waals surface area (Å²) in [5.41, 5.74) is 0. The number of imidazole rings is 1. The van der Waals surface area contributed by atoms with Gasteiger partial charge in [-0.3, -0.25) is 0 Å². The third-order valence-corrected chi connectivity index (χ3v) is 5.61. The minimum absolute atomic E-state index is 0.473. The predicted molar refractivity (Wildman–Crippen MR) is 83.6 cm³/mol. The molecule has 1 saturated carbocycles. The van der Waals surface area contributed by atoms with E-state index in [2.05, 4.69) is 46.0 Å². The van der Waals surface area contributed by atoms with E-state index in [1.54, 1.807) is 0 Å². The Morgan fingerprint density at radius 3 is 2.84 bits per heavy atom. The van der Waals surface area contributed by atoms with Crippen LogP contribution in [0, 0.1) is 0 Å². The highest BCUT2D eigenvalue weighted by Gasteiger charge is 2.30. The van der Waals surface area contributed by atoms with Crippen LogP contribution in [0.15, 0.2) is 12.4 Å². The van der Waals surface area contributed by atoms with Gasteiger partial charge in [-0.2, -0.15) is 11.8 Å². The van der Waals surface area contributed by atoms with Gasteiger partial charge < -0.3 is 9.88 Å². The van der Waals surface area contributed by atoms with Gasteiger partial charge in [-0.1, -0.05) is 26.2 Å². The van der Waals surface area contributed by atoms with E-state index in [1.807, 2.05) is 6.20 Å². The molecule has 19 heavy (non-hydrogen) atoms. The van der Waals surface area contributed by atoms with Gasteiger partial charge in [0.15, 0.2) is 0 Å². The second kappa shape index (κ2) is 7.34. The van der Waals surface area contributed by atoms with Crippen molar-refractivity contribution in [3.8, 4) is 0 Å². The van der Waals surface area contributed by atoms with Crippen LogP contribution in [0.4, 0.5) is 0 Å². The quantitative estimate of drug-likeness (QED) is 0.830. The topological polar surface area (TPSA) is 29.9 Å². The Morgan fingerprint density at radius 1 is 1.37 bits per heavy atom. The van der Waals surface area contributed by atoms with Crippen molar-refractivity contribution < 1.29 is 0 Å². The molecule has 0 unspecified atom stereocenters. The van der Waals surface area contributed by atoms with E-state index >= 15 is 0 Å². The number of aromatic nitrogens is 2. The summed E-state index contributed by atoms with van der Waals surface area (Å²) >= 11 is 2.06. The van der Waals surface area contributed by atoms with E-state index in [0.29, 0.717) is 4.75 Å². The molecule has 0 saturated heterocycles. The minimum atomic E-state index is 0.473. The van der Waals surface area contributed by atoms with Gasteiger partial charge in [-0.05, 0) is 25.5 Å². The molecule has 0 aromatic carbocycles. The van der Waals surface area contributed by atoms with Gasteiger partial charge in [0.1, 0.15) is 5.82 Å². The zero-order chi connectivity index (χ0) is 13.6. The Bertz CT molecular complexity index is 369. The fourth-order valence-corrected chi connectivity index (χ4v) is 3.95. The van der Waals surface area contributed by atoms with Crippen LogP contribution < -0.4 is 5.32 Å². The smallest absolute Gasteiger partial charge is 0.122 e. The zero-order valence-corrected chi connectivity index (χ0v) is 13.1. The van der Waals surface area contributed by atoms with E-state index < -0.39 is 0 Å². The van der Waals surface area contributed by atoms with Crippen LogP contribution in [0.1, 0.15) is 51.3 Å². The van der Waals surface area contributed by atoms with Gasteiger partial charge in [0.05, 0.1) is 6.54 Å². The first kappa shape index (κ1) is 14.9. The van der Waals surface area contributed by atoms with Crippen LogP contribution in [0.5, 0.6) is 0 Å². The van der Waals surface area contributed by atoms with E-state index in [0.717, 1.165) is 26.1 Å². The van der Waals surface area contributed by atoms with Crippen molar-refractivity contribution in [3.63, 3.8) is 0 Å². The first-order valence-electron chi connectivity index (χ1n) is 7.55. The van der Waals surface area contributed by atoms with Crippen molar-refractivity contribution in [2.24, 2.45) is 0 Å². The second-order valence-electron chi connectivity index (χ2n) is 5.59. The fourth-order valence-electron chi connectivity index (χ4n) is 3.00. The van der Waals surface area contributed by atoms with Crippen molar-refractivity contribution in [1.82, 2.24) is 14.9 Å². The first-order chi connectivity index (χ1) is 9.29. The molecule has 4 heteroatoms. The molecule has 0 aliphatic heterocycles. The van der Waals surface area contributed by atoms with Gasteiger partial charge in [0, 0.05) is 30.2 Å². The van der Waals surface area contributed by atoms with Crippen molar-refractivity contribution in [2.75, 3.05) is 12.8 Å². The van der Waals surface area contributed by atoms with E-state index in [4.69, 9.17) is 0 Å². The van der Waals surface area contributed by atoms with Gasteiger partial charge >= 0.3 is 0 Å². The second-order valence-corrected chi connectivity index (χ2v) is 6.86. The molecular formula is C15H27N3S. The van der Waals surface area contributed by atoms with Crippen molar-refractivity contribution in [3.05, 3.63) is 18.2 Å². The largest absolute Gasteiger partial charge is 0.334 e. The van der Waals surface area contributed by atoms with E-state index in [9.17, 15) is 0 Å². The van der Waals surface area contributed by atoms with Crippen LogP contribution in [-0.2, 0) is 13.1 Å². The molecule has 0 atom stereocenters. The number of nitrogens with one attached hydrogen (secondary N) is 1. The monoisotopic (exact) mass is 281 g/mol. The Morgan fingerprint density at radius 2 is 2.16 bits per heavy atom. The molecule has 108 valence electrons. The maximum Gasteiger partial charge on any atom is 0.122 e. The third-order valence-electron chi connectivity index (χ3n) is 4.19. The van der Waals surface area contributed by atoms with Gasteiger partial charge in [-0.15, -0.1) is 0 Å². The van der Waals surface area contributed by atoms with Crippen LogP contribution in [-0.4, -0.2) is 27.1 Å². The fraction of sp³-hybridized carbons (Fsp3) is 0.800. The van der Waals surface area contributed by atoms with E-state index in [-0.39, 0.29) is 0 Å². The molecule has 3 nitrogen and oxygen atoms in total. The summed E-state index contributed by atoms with van der Waals surface area (Å²) in [5, 5.41) is 3.64. The lowest BCUT2D eigenvalue weighted by Gasteiger charge is -2.36. The molecule has 1 heterocycles. The number of aryl methyl sites for hydroxylation is 1. The summed E-state index contributed by atoms with van der Waals surface area (Å²) in [6.45, 7) is 5.30. The molecule has 0 bridgehead atoms. The summed E-state index contributed by atoms with van der Waals surface area (Å²) in [7, 11) is 0. The minimum Gasteiger partial charge on any atom is -0.334 e. The maximum absolute atomic E-state index is 4.46. The van der Waals surface area contributed by atoms with E-state index in [1.165, 1.54) is 37.9 Å². The molecule has 0 amide bonds. The SMILES string of the molecule is CCCn1ccnc1CNCC1(SC)CCCCC1. The average molecular weight is 281 g/mol. The molecular weight excluding hydrogens is 254 g/mol. The van der Waals surface area contributed by atoms with Crippen LogP contribution in [0.25, 0.3) is 0 Å². The first-order valence-corrected chi connectivity index (χ1v) is 8.78. The molecule has 1 N–H and O–H groups in total. The highest BCUT2D eigenvalue weighted by atomic mass is 32.2. The molecule has 2 rings (SSSR count). The molecule has 1 aromatic heterocycles. The number of nitrogens with zero attached hydrogens (tertiary/aromatic N) is 2. The highest BCUT2D eigenvalue weighted by Crippen LogP contribution is 2.37. The van der Waals surface area contributed by atoms with Crippen LogP contribution >= 0.6 is 11.8 Å². The molecule has 1 fully saturated rings. The van der Waals surface area contributed by atoms with Gasteiger partial charge in [-0.25, -0.2) is 4.98 Å². The van der Waals surface area contributed by atoms with Crippen LogP contribution in [0.3, 0.4) is 0 Å². The van der Waals surface area contributed by atoms with Crippen molar-refractivity contribution in [2.45, 2.75) is 63.3 Å². The third kappa shape index (κ3) is 3.99. The standard InChI is InChI=1S/C15H27N3S/c1-3-10-18-11-9-17-14(18)12-16-13-15(19-2)7-5-4-6-8-15/h9,11,16H,3-8,10,12-13H2,1-2H3. The number of hydrogen-bond donors (Lipinski definition) is 1.